The van der Waals surface area contributed by atoms with E-state index in [9.17, 15) is 4.79 Å². The van der Waals surface area contributed by atoms with Gasteiger partial charge >= 0.3 is 0 Å². The Morgan fingerprint density at radius 1 is 1.54 bits per heavy atom. The zero-order valence-electron chi connectivity index (χ0n) is 6.79. The van der Waals surface area contributed by atoms with Crippen molar-refractivity contribution in [3.63, 3.8) is 0 Å². The minimum Gasteiger partial charge on any atom is -0.329 e. The minimum absolute atomic E-state index is 0.206. The molecule has 13 heavy (non-hydrogen) atoms. The first-order chi connectivity index (χ1) is 6.25. The first-order valence-corrected chi connectivity index (χ1v) is 6.11. The number of nitrogens with zero attached hydrogens (tertiary/aromatic N) is 2. The van der Waals surface area contributed by atoms with Crippen molar-refractivity contribution in [2.75, 3.05) is 0 Å². The molecule has 1 aromatic heterocycles. The maximum absolute atomic E-state index is 11.8. The van der Waals surface area contributed by atoms with Crippen LogP contribution in [0.2, 0.25) is 0 Å². The molecule has 0 unspecified atom stereocenters. The fourth-order valence-corrected chi connectivity index (χ4v) is 3.35. The second kappa shape index (κ2) is 2.66. The Balaban J connectivity index is 1.98. The Kier molecular flexibility index (Phi) is 1.67. The zero-order chi connectivity index (χ0) is 9.00. The van der Waals surface area contributed by atoms with Crippen LogP contribution in [0.25, 0.3) is 0 Å². The fraction of sp³-hybridized carbons (Fsp3) is 0.500. The second-order valence-corrected chi connectivity index (χ2v) is 6.16. The zero-order valence-corrected chi connectivity index (χ0v) is 9.76. The predicted octanol–water partition coefficient (Wildman–Crippen LogP) is 1.87. The molecular formula is C8H7IN2OS. The lowest BCUT2D eigenvalue weighted by Crippen LogP contribution is -2.25. The molecule has 0 spiro atoms. The molecule has 5 heteroatoms. The molecule has 1 aromatic rings. The number of thiazole rings is 1. The highest BCUT2D eigenvalue weighted by molar-refractivity contribution is 14.1. The molecule has 3 nitrogen and oxygen atoms in total. The van der Waals surface area contributed by atoms with E-state index in [1.54, 1.807) is 0 Å². The Morgan fingerprint density at radius 3 is 2.92 bits per heavy atom. The van der Waals surface area contributed by atoms with E-state index < -0.39 is 0 Å². The standard InChI is InChI=1S/C8H7IN2OS/c9-8-10-5-3-11(4-1-2-4)7(12)6(5)13-8/h4H,1-3H2. The van der Waals surface area contributed by atoms with Gasteiger partial charge in [-0.2, -0.15) is 0 Å². The van der Waals surface area contributed by atoms with Crippen LogP contribution in [0.1, 0.15) is 28.2 Å². The van der Waals surface area contributed by atoms with Crippen LogP contribution in [-0.2, 0) is 6.54 Å². The SMILES string of the molecule is O=C1c2sc(I)nc2CN1C1CC1. The molecule has 2 heterocycles. The Labute approximate surface area is 93.3 Å². The lowest BCUT2D eigenvalue weighted by molar-refractivity contribution is 0.0769. The van der Waals surface area contributed by atoms with Crippen molar-refractivity contribution in [3.8, 4) is 0 Å². The molecule has 1 saturated carbocycles. The first kappa shape index (κ1) is 8.16. The summed E-state index contributed by atoms with van der Waals surface area (Å²) in [4.78, 5) is 19.0. The maximum Gasteiger partial charge on any atom is 0.266 e. The fourth-order valence-electron chi connectivity index (χ4n) is 1.64. The normalized spacial score (nSPS) is 21.0. The average Bonchev–Trinajstić information content (AvgIpc) is 2.79. The highest BCUT2D eigenvalue weighted by atomic mass is 127. The summed E-state index contributed by atoms with van der Waals surface area (Å²) >= 11 is 3.69. The number of halogens is 1. The molecule has 1 fully saturated rings. The van der Waals surface area contributed by atoms with E-state index in [0.29, 0.717) is 6.04 Å². The van der Waals surface area contributed by atoms with E-state index >= 15 is 0 Å². The van der Waals surface area contributed by atoms with E-state index in [1.165, 1.54) is 24.2 Å². The van der Waals surface area contributed by atoms with E-state index in [-0.39, 0.29) is 5.91 Å². The van der Waals surface area contributed by atoms with Crippen molar-refractivity contribution < 1.29 is 4.79 Å². The quantitative estimate of drug-likeness (QED) is 0.742. The monoisotopic (exact) mass is 306 g/mol. The summed E-state index contributed by atoms with van der Waals surface area (Å²) in [6, 6.07) is 0.520. The summed E-state index contributed by atoms with van der Waals surface area (Å²) in [6.45, 7) is 0.748. The van der Waals surface area contributed by atoms with Crippen molar-refractivity contribution in [2.24, 2.45) is 0 Å². The van der Waals surface area contributed by atoms with Crippen molar-refractivity contribution in [3.05, 3.63) is 13.6 Å². The minimum atomic E-state index is 0.206. The van der Waals surface area contributed by atoms with Crippen molar-refractivity contribution in [2.45, 2.75) is 25.4 Å². The van der Waals surface area contributed by atoms with Gasteiger partial charge in [-0.1, -0.05) is 0 Å². The number of rotatable bonds is 1. The topological polar surface area (TPSA) is 33.2 Å². The van der Waals surface area contributed by atoms with Crippen LogP contribution in [-0.4, -0.2) is 21.8 Å². The second-order valence-electron chi connectivity index (χ2n) is 3.41. The molecule has 1 amide bonds. The molecule has 1 aliphatic carbocycles. The van der Waals surface area contributed by atoms with Crippen LogP contribution >= 0.6 is 33.9 Å². The number of hydrogen-bond donors (Lipinski definition) is 0. The highest BCUT2D eigenvalue weighted by Crippen LogP contribution is 2.36. The Morgan fingerprint density at radius 2 is 2.31 bits per heavy atom. The van der Waals surface area contributed by atoms with Crippen molar-refractivity contribution in [1.82, 2.24) is 9.88 Å². The first-order valence-electron chi connectivity index (χ1n) is 4.22. The highest BCUT2D eigenvalue weighted by Gasteiger charge is 2.40. The predicted molar refractivity (Wildman–Crippen MR) is 57.7 cm³/mol. The van der Waals surface area contributed by atoms with Gasteiger partial charge in [-0.25, -0.2) is 4.98 Å². The van der Waals surface area contributed by atoms with Crippen LogP contribution in [0.15, 0.2) is 0 Å². The summed E-state index contributed by atoms with van der Waals surface area (Å²) in [5.41, 5.74) is 0.992. The molecule has 68 valence electrons. The average molecular weight is 306 g/mol. The molecule has 0 radical (unpaired) electrons. The lowest BCUT2D eigenvalue weighted by atomic mass is 10.4. The number of hydrogen-bond acceptors (Lipinski definition) is 3. The van der Waals surface area contributed by atoms with E-state index in [2.05, 4.69) is 27.6 Å². The molecule has 0 saturated heterocycles. The van der Waals surface area contributed by atoms with Gasteiger partial charge in [0.05, 0.1) is 12.2 Å². The molecule has 0 aromatic carbocycles. The molecule has 3 rings (SSSR count). The molecule has 2 aliphatic rings. The third-order valence-corrected chi connectivity index (χ3v) is 4.21. The number of fused-ring (bicyclic) bond motifs is 1. The summed E-state index contributed by atoms with van der Waals surface area (Å²) in [5, 5.41) is 0. The van der Waals surface area contributed by atoms with E-state index in [0.717, 1.165) is 20.1 Å². The smallest absolute Gasteiger partial charge is 0.266 e. The van der Waals surface area contributed by atoms with Crippen LogP contribution in [0.4, 0.5) is 0 Å². The molecular weight excluding hydrogens is 299 g/mol. The van der Waals surface area contributed by atoms with Crippen LogP contribution in [0.5, 0.6) is 0 Å². The number of aromatic nitrogens is 1. The Bertz CT molecular complexity index is 385. The molecule has 0 bridgehead atoms. The van der Waals surface area contributed by atoms with Gasteiger partial charge in [0.1, 0.15) is 4.88 Å². The number of amides is 1. The number of carbonyl (C=O) groups is 1. The Hall–Kier alpha value is -0.170. The molecule has 1 aliphatic heterocycles. The third-order valence-electron chi connectivity index (χ3n) is 2.43. The van der Waals surface area contributed by atoms with E-state index in [1.807, 2.05) is 4.90 Å². The maximum atomic E-state index is 11.8. The number of carbonyl (C=O) groups excluding carboxylic acids is 1. The van der Waals surface area contributed by atoms with Gasteiger partial charge in [-0.05, 0) is 35.4 Å². The molecule has 0 atom stereocenters. The largest absolute Gasteiger partial charge is 0.329 e. The van der Waals surface area contributed by atoms with Crippen LogP contribution in [0, 0.1) is 3.01 Å². The summed E-state index contributed by atoms with van der Waals surface area (Å²) in [5.74, 6) is 0.206. The van der Waals surface area contributed by atoms with Gasteiger partial charge in [0.25, 0.3) is 5.91 Å². The third kappa shape index (κ3) is 1.20. The van der Waals surface area contributed by atoms with Gasteiger partial charge in [0.2, 0.25) is 0 Å². The lowest BCUT2D eigenvalue weighted by Gasteiger charge is -2.13. The van der Waals surface area contributed by atoms with Gasteiger partial charge in [0, 0.05) is 6.04 Å². The van der Waals surface area contributed by atoms with Gasteiger partial charge in [0.15, 0.2) is 3.01 Å². The summed E-state index contributed by atoms with van der Waals surface area (Å²) < 4.78 is 0.978. The van der Waals surface area contributed by atoms with Gasteiger partial charge < -0.3 is 4.90 Å². The van der Waals surface area contributed by atoms with Crippen LogP contribution < -0.4 is 0 Å². The van der Waals surface area contributed by atoms with Crippen molar-refractivity contribution >= 4 is 39.8 Å². The molecule has 0 N–H and O–H groups in total. The van der Waals surface area contributed by atoms with Crippen LogP contribution in [0.3, 0.4) is 0 Å². The van der Waals surface area contributed by atoms with Crippen molar-refractivity contribution in [1.29, 1.82) is 0 Å². The van der Waals surface area contributed by atoms with Gasteiger partial charge in [-0.15, -0.1) is 11.3 Å². The summed E-state index contributed by atoms with van der Waals surface area (Å²) in [6.07, 6.45) is 2.36. The summed E-state index contributed by atoms with van der Waals surface area (Å²) in [7, 11) is 0. The van der Waals surface area contributed by atoms with Gasteiger partial charge in [-0.3, -0.25) is 4.79 Å². The van der Waals surface area contributed by atoms with E-state index in [4.69, 9.17) is 0 Å².